The van der Waals surface area contributed by atoms with Crippen LogP contribution >= 0.6 is 0 Å². The molecule has 0 nitrogen and oxygen atoms in total. The minimum atomic E-state index is 1.04. The normalized spacial score (nSPS) is 13.9. The Morgan fingerprint density at radius 1 is 0.371 bits per heavy atom. The molecule has 0 amide bonds. The lowest BCUT2D eigenvalue weighted by Gasteiger charge is -2.10. The summed E-state index contributed by atoms with van der Waals surface area (Å²) >= 11 is 0. The zero-order valence-corrected chi connectivity index (χ0v) is 19.4. The summed E-state index contributed by atoms with van der Waals surface area (Å²) in [5.74, 6) is 0. The van der Waals surface area contributed by atoms with E-state index in [-0.39, 0.29) is 0 Å². The van der Waals surface area contributed by atoms with Crippen molar-refractivity contribution in [3.63, 3.8) is 0 Å². The van der Waals surface area contributed by atoms with E-state index in [0.717, 1.165) is 19.3 Å². The molecule has 35 heavy (non-hydrogen) atoms. The van der Waals surface area contributed by atoms with E-state index in [1.807, 2.05) is 0 Å². The number of fused-ring (bicyclic) bond motifs is 14. The predicted octanol–water partition coefficient (Wildman–Crippen LogP) is 8.71. The molecule has 3 aliphatic rings. The second-order valence-electron chi connectivity index (χ2n) is 10.5. The number of rotatable bonds is 0. The van der Waals surface area contributed by atoms with Gasteiger partial charge in [0.15, 0.2) is 0 Å². The van der Waals surface area contributed by atoms with E-state index in [1.165, 1.54) is 77.2 Å². The highest BCUT2D eigenvalue weighted by Crippen LogP contribution is 2.51. The van der Waals surface area contributed by atoms with Gasteiger partial charge < -0.3 is 0 Å². The average Bonchev–Trinajstić information content (AvgIpc) is 3.57. The van der Waals surface area contributed by atoms with Crippen LogP contribution < -0.4 is 0 Å². The minimum Gasteiger partial charge on any atom is -0.0616 e. The third kappa shape index (κ3) is 2.27. The molecule has 0 heterocycles. The van der Waals surface area contributed by atoms with Crippen molar-refractivity contribution >= 4 is 21.5 Å². The molecule has 0 heteroatoms. The van der Waals surface area contributed by atoms with E-state index >= 15 is 0 Å². The molecule has 0 radical (unpaired) electrons. The molecule has 9 rings (SSSR count). The van der Waals surface area contributed by atoms with Crippen LogP contribution in [0.15, 0.2) is 97.1 Å². The van der Waals surface area contributed by atoms with Crippen molar-refractivity contribution in [2.45, 2.75) is 19.3 Å². The Balaban J connectivity index is 1.23. The Bertz CT molecular complexity index is 1920. The SMILES string of the molecule is c1ccc2c3c(ccc2c1)Cc1cc2c(cc1-3)Cc1c-2ccc2c1Cc1ccc3ccccc3c1-2. The van der Waals surface area contributed by atoms with Crippen LogP contribution in [0, 0.1) is 0 Å². The molecule has 0 aromatic heterocycles. The van der Waals surface area contributed by atoms with Crippen molar-refractivity contribution < 1.29 is 0 Å². The van der Waals surface area contributed by atoms with Gasteiger partial charge in [-0.2, -0.15) is 0 Å². The van der Waals surface area contributed by atoms with Crippen LogP contribution in [0.25, 0.3) is 54.9 Å². The van der Waals surface area contributed by atoms with Crippen LogP contribution in [0.2, 0.25) is 0 Å². The van der Waals surface area contributed by atoms with Crippen LogP contribution in [0.1, 0.15) is 33.4 Å². The average molecular weight is 443 g/mol. The molecule has 3 aliphatic carbocycles. The smallest absolute Gasteiger partial charge is 0.00101 e. The highest BCUT2D eigenvalue weighted by Gasteiger charge is 2.31. The lowest BCUT2D eigenvalue weighted by Crippen LogP contribution is -1.91. The second kappa shape index (κ2) is 6.29. The summed E-state index contributed by atoms with van der Waals surface area (Å²) in [6.45, 7) is 0. The molecular weight excluding hydrogens is 420 g/mol. The summed E-state index contributed by atoms with van der Waals surface area (Å²) < 4.78 is 0. The van der Waals surface area contributed by atoms with E-state index in [2.05, 4.69) is 97.1 Å². The molecule has 0 bridgehead atoms. The van der Waals surface area contributed by atoms with Gasteiger partial charge in [0.25, 0.3) is 0 Å². The van der Waals surface area contributed by atoms with Gasteiger partial charge in [0.1, 0.15) is 0 Å². The number of hydrogen-bond acceptors (Lipinski definition) is 0. The molecule has 162 valence electrons. The molecule has 6 aromatic rings. The number of benzene rings is 6. The molecular formula is C35H22. The van der Waals surface area contributed by atoms with Crippen molar-refractivity contribution in [2.24, 2.45) is 0 Å². The summed E-state index contributed by atoms with van der Waals surface area (Å²) in [5.41, 5.74) is 17.8. The Morgan fingerprint density at radius 2 is 0.914 bits per heavy atom. The fraction of sp³-hybridized carbons (Fsp3) is 0.0857. The molecule has 0 spiro atoms. The van der Waals surface area contributed by atoms with Gasteiger partial charge in [-0.25, -0.2) is 0 Å². The van der Waals surface area contributed by atoms with Gasteiger partial charge in [-0.05, 0) is 120 Å². The van der Waals surface area contributed by atoms with Gasteiger partial charge >= 0.3 is 0 Å². The quantitative estimate of drug-likeness (QED) is 0.220. The Kier molecular flexibility index (Phi) is 3.27. The molecule has 0 saturated heterocycles. The first-order valence-corrected chi connectivity index (χ1v) is 12.7. The Labute approximate surface area is 204 Å². The Morgan fingerprint density at radius 3 is 1.69 bits per heavy atom. The third-order valence-corrected chi connectivity index (χ3v) is 8.74. The maximum absolute atomic E-state index is 2.52. The first kappa shape index (κ1) is 18.2. The van der Waals surface area contributed by atoms with Gasteiger partial charge in [-0.3, -0.25) is 0 Å². The largest absolute Gasteiger partial charge is 0.0616 e. The monoisotopic (exact) mass is 442 g/mol. The van der Waals surface area contributed by atoms with Gasteiger partial charge in [0.05, 0.1) is 0 Å². The second-order valence-corrected chi connectivity index (χ2v) is 10.5. The highest BCUT2D eigenvalue weighted by molar-refractivity contribution is 6.04. The zero-order valence-electron chi connectivity index (χ0n) is 19.4. The van der Waals surface area contributed by atoms with E-state index in [0.29, 0.717) is 0 Å². The lowest BCUT2D eigenvalue weighted by molar-refractivity contribution is 1.16. The molecule has 0 atom stereocenters. The standard InChI is InChI=1S/C35H22/c1-3-7-26-20(5-1)10-12-23-16-33-29(34(23)26)14-13-28-30-17-24-15-22-11-9-21-6-2-4-8-27(21)35(22)31(24)18-25(30)19-32(28)33/h1-14,17-18H,15-16,19H2. The highest BCUT2D eigenvalue weighted by atomic mass is 14.3. The van der Waals surface area contributed by atoms with E-state index in [1.54, 1.807) is 11.1 Å². The van der Waals surface area contributed by atoms with E-state index < -0.39 is 0 Å². The van der Waals surface area contributed by atoms with Crippen molar-refractivity contribution in [1.29, 1.82) is 0 Å². The molecule has 0 fully saturated rings. The first-order chi connectivity index (χ1) is 17.3. The van der Waals surface area contributed by atoms with Crippen molar-refractivity contribution in [3.8, 4) is 33.4 Å². The van der Waals surface area contributed by atoms with Gasteiger partial charge in [0, 0.05) is 0 Å². The summed E-state index contributed by atoms with van der Waals surface area (Å²) in [6.07, 6.45) is 3.15. The van der Waals surface area contributed by atoms with Gasteiger partial charge in [-0.1, -0.05) is 84.9 Å². The molecule has 6 aromatic carbocycles. The fourth-order valence-corrected chi connectivity index (χ4v) is 7.20. The van der Waals surface area contributed by atoms with Crippen LogP contribution in [0.5, 0.6) is 0 Å². The van der Waals surface area contributed by atoms with Crippen LogP contribution in [0.4, 0.5) is 0 Å². The minimum absolute atomic E-state index is 1.04. The van der Waals surface area contributed by atoms with Crippen LogP contribution in [0.3, 0.4) is 0 Å². The van der Waals surface area contributed by atoms with Gasteiger partial charge in [0.2, 0.25) is 0 Å². The van der Waals surface area contributed by atoms with Crippen LogP contribution in [-0.2, 0) is 19.3 Å². The summed E-state index contributed by atoms with van der Waals surface area (Å²) in [7, 11) is 0. The van der Waals surface area contributed by atoms with Crippen molar-refractivity contribution in [3.05, 3.63) is 130 Å². The lowest BCUT2D eigenvalue weighted by atomic mass is 9.94. The molecule has 0 N–H and O–H groups in total. The summed E-state index contributed by atoms with van der Waals surface area (Å²) in [5, 5.41) is 5.46. The fourth-order valence-electron chi connectivity index (χ4n) is 7.20. The van der Waals surface area contributed by atoms with Crippen molar-refractivity contribution in [1.82, 2.24) is 0 Å². The van der Waals surface area contributed by atoms with Gasteiger partial charge in [-0.15, -0.1) is 0 Å². The van der Waals surface area contributed by atoms with Crippen molar-refractivity contribution in [2.75, 3.05) is 0 Å². The summed E-state index contributed by atoms with van der Waals surface area (Å²) in [4.78, 5) is 0. The topological polar surface area (TPSA) is 0 Å². The maximum Gasteiger partial charge on any atom is -0.00101 e. The first-order valence-electron chi connectivity index (χ1n) is 12.7. The zero-order chi connectivity index (χ0) is 22.7. The number of hydrogen-bond donors (Lipinski definition) is 0. The van der Waals surface area contributed by atoms with E-state index in [9.17, 15) is 0 Å². The van der Waals surface area contributed by atoms with E-state index in [4.69, 9.17) is 0 Å². The molecule has 0 aliphatic heterocycles. The van der Waals surface area contributed by atoms with Crippen LogP contribution in [-0.4, -0.2) is 0 Å². The summed E-state index contributed by atoms with van der Waals surface area (Å²) in [6, 6.07) is 36.8. The third-order valence-electron chi connectivity index (χ3n) is 8.74. The predicted molar refractivity (Wildman–Crippen MR) is 146 cm³/mol. The molecule has 0 saturated carbocycles. The maximum atomic E-state index is 2.52. The molecule has 0 unspecified atom stereocenters. The Hall–Kier alpha value is -4.16.